The fourth-order valence-corrected chi connectivity index (χ4v) is 7.40. The average molecular weight is 669 g/mol. The first-order chi connectivity index (χ1) is 22.6. The number of hydrogen-bond acceptors (Lipinski definition) is 10. The molecule has 2 aliphatic heterocycles. The average Bonchev–Trinajstić information content (AvgIpc) is 3.61. The number of fused-ring (bicyclic) bond motifs is 1. The molecule has 2 N–H and O–H groups in total. The van der Waals surface area contributed by atoms with Gasteiger partial charge in [0.15, 0.2) is 11.9 Å². The molecule has 9 atom stereocenters. The standard InChI is InChI=1S/C34H53BN6O7/c1-8-29-34(7)30(40(32(45)48-34)16-12-11-15-39-20-26(37-38-39)25-13-9-10-14-36-25)23(4)41(24(5)42)19-21(2)18-33(6,46)28(35)17-27(43)22(3)31(44)47-29/h9-10,13-14,20-23,28-31,44,46H,8,11-12,15-19,35H2,1-7H3/t21-,22-,23-,28-,29-,30-,31?,33+,34-/m1/s1. The predicted octanol–water partition coefficient (Wildman–Crippen LogP) is 2.86. The highest BCUT2D eigenvalue weighted by atomic mass is 16.6. The number of nitrogens with zero attached hydrogens (tertiary/aromatic N) is 6. The van der Waals surface area contributed by atoms with Crippen molar-refractivity contribution in [3.05, 3.63) is 30.6 Å². The van der Waals surface area contributed by atoms with Crippen LogP contribution in [0.5, 0.6) is 0 Å². The maximum atomic E-state index is 13.7. The minimum atomic E-state index is -1.45. The third-order valence-corrected chi connectivity index (χ3v) is 10.4. The van der Waals surface area contributed by atoms with Gasteiger partial charge in [0.1, 0.15) is 25.4 Å². The smallest absolute Gasteiger partial charge is 0.410 e. The molecule has 13 nitrogen and oxygen atoms in total. The lowest BCUT2D eigenvalue weighted by Gasteiger charge is -2.45. The molecule has 4 rings (SSSR count). The molecular formula is C34H53BN6O7. The summed E-state index contributed by atoms with van der Waals surface area (Å²) in [6, 6.07) is 4.48. The third-order valence-electron chi connectivity index (χ3n) is 10.4. The van der Waals surface area contributed by atoms with Gasteiger partial charge in [-0.2, -0.15) is 0 Å². The van der Waals surface area contributed by atoms with E-state index in [4.69, 9.17) is 9.47 Å². The predicted molar refractivity (Wildman–Crippen MR) is 181 cm³/mol. The normalized spacial score (nSPS) is 33.9. The zero-order valence-corrected chi connectivity index (χ0v) is 29.7. The first-order valence-electron chi connectivity index (χ1n) is 17.3. The van der Waals surface area contributed by atoms with E-state index < -0.39 is 47.7 Å². The Morgan fingerprint density at radius 3 is 2.48 bits per heavy atom. The second kappa shape index (κ2) is 15.5. The van der Waals surface area contributed by atoms with E-state index in [0.717, 1.165) is 5.69 Å². The monoisotopic (exact) mass is 668 g/mol. The summed E-state index contributed by atoms with van der Waals surface area (Å²) < 4.78 is 14.1. The van der Waals surface area contributed by atoms with Crippen molar-refractivity contribution in [2.45, 2.75) is 129 Å². The Morgan fingerprint density at radius 1 is 1.12 bits per heavy atom. The van der Waals surface area contributed by atoms with Crippen LogP contribution in [-0.2, 0) is 25.6 Å². The lowest BCUT2D eigenvalue weighted by atomic mass is 9.67. The highest BCUT2D eigenvalue weighted by molar-refractivity contribution is 6.14. The molecule has 4 heterocycles. The molecule has 264 valence electrons. The van der Waals surface area contributed by atoms with Crippen LogP contribution in [0.4, 0.5) is 4.79 Å². The molecule has 14 heteroatoms. The number of ether oxygens (including phenoxy) is 2. The fourth-order valence-electron chi connectivity index (χ4n) is 7.40. The molecule has 0 spiro atoms. The number of hydrogen-bond donors (Lipinski definition) is 2. The topological polar surface area (TPSA) is 160 Å². The van der Waals surface area contributed by atoms with Gasteiger partial charge >= 0.3 is 6.09 Å². The summed E-state index contributed by atoms with van der Waals surface area (Å²) in [7, 11) is 1.83. The molecule has 0 saturated carbocycles. The molecule has 2 aliphatic rings. The van der Waals surface area contributed by atoms with Crippen molar-refractivity contribution in [1.29, 1.82) is 0 Å². The van der Waals surface area contributed by atoms with Crippen LogP contribution in [-0.4, -0.2) is 114 Å². The highest BCUT2D eigenvalue weighted by Gasteiger charge is 2.59. The van der Waals surface area contributed by atoms with Gasteiger partial charge in [0.25, 0.3) is 0 Å². The molecule has 0 bridgehead atoms. The van der Waals surface area contributed by atoms with Gasteiger partial charge in [-0.25, -0.2) is 4.79 Å². The van der Waals surface area contributed by atoms with E-state index in [1.165, 1.54) is 6.92 Å². The number of Topliss-reactive ketones (excluding diaryl/α,β-unsaturated/α-hetero) is 1. The molecule has 2 aromatic heterocycles. The molecule has 2 saturated heterocycles. The molecule has 0 radical (unpaired) electrons. The van der Waals surface area contributed by atoms with Crippen LogP contribution in [0.15, 0.2) is 30.6 Å². The number of carbonyl (C=O) groups is 3. The number of amides is 2. The van der Waals surface area contributed by atoms with E-state index >= 15 is 0 Å². The van der Waals surface area contributed by atoms with Gasteiger partial charge in [0.2, 0.25) is 5.91 Å². The minimum absolute atomic E-state index is 0.0621. The summed E-state index contributed by atoms with van der Waals surface area (Å²) in [5.41, 5.74) is -1.03. The van der Waals surface area contributed by atoms with Crippen molar-refractivity contribution < 1.29 is 34.1 Å². The maximum absolute atomic E-state index is 13.7. The summed E-state index contributed by atoms with van der Waals surface area (Å²) >= 11 is 0. The Bertz CT molecular complexity index is 1410. The Kier molecular flexibility index (Phi) is 12.1. The van der Waals surface area contributed by atoms with Gasteiger partial charge in [0, 0.05) is 39.2 Å². The number of rotatable bonds is 7. The summed E-state index contributed by atoms with van der Waals surface area (Å²) in [4.78, 5) is 47.9. The Hall–Kier alpha value is -3.36. The molecule has 48 heavy (non-hydrogen) atoms. The number of pyridine rings is 1. The molecule has 0 aromatic carbocycles. The van der Waals surface area contributed by atoms with Crippen molar-refractivity contribution in [3.63, 3.8) is 0 Å². The van der Waals surface area contributed by atoms with Gasteiger partial charge in [-0.3, -0.25) is 24.2 Å². The van der Waals surface area contributed by atoms with Crippen LogP contribution in [0.25, 0.3) is 11.4 Å². The summed E-state index contributed by atoms with van der Waals surface area (Å²) in [5.74, 6) is -1.76. The van der Waals surface area contributed by atoms with Crippen molar-refractivity contribution in [3.8, 4) is 11.4 Å². The number of unbranched alkanes of at least 4 members (excludes halogenated alkanes) is 1. The largest absolute Gasteiger partial charge is 0.438 e. The summed E-state index contributed by atoms with van der Waals surface area (Å²) in [5, 5.41) is 31.0. The van der Waals surface area contributed by atoms with E-state index in [0.29, 0.717) is 51.0 Å². The summed E-state index contributed by atoms with van der Waals surface area (Å²) in [6.07, 6.45) is 2.91. The zero-order valence-electron chi connectivity index (χ0n) is 29.7. The third kappa shape index (κ3) is 8.26. The van der Waals surface area contributed by atoms with Crippen molar-refractivity contribution in [2.75, 3.05) is 13.1 Å². The van der Waals surface area contributed by atoms with E-state index in [-0.39, 0.29) is 29.8 Å². The fraction of sp³-hybridized carbons (Fsp3) is 0.706. The molecule has 0 aliphatic carbocycles. The number of aliphatic hydroxyl groups excluding tert-OH is 1. The first kappa shape index (κ1) is 37.5. The second-order valence-corrected chi connectivity index (χ2v) is 14.3. The molecule has 1 unspecified atom stereocenters. The van der Waals surface area contributed by atoms with E-state index in [2.05, 4.69) is 15.3 Å². The summed E-state index contributed by atoms with van der Waals surface area (Å²) in [6.45, 7) is 13.7. The Morgan fingerprint density at radius 2 is 1.83 bits per heavy atom. The first-order valence-corrected chi connectivity index (χ1v) is 17.3. The maximum Gasteiger partial charge on any atom is 0.410 e. The van der Waals surface area contributed by atoms with Crippen molar-refractivity contribution >= 4 is 25.6 Å². The van der Waals surface area contributed by atoms with Gasteiger partial charge in [-0.1, -0.05) is 32.1 Å². The molecule has 2 aromatic rings. The van der Waals surface area contributed by atoms with Crippen molar-refractivity contribution in [2.24, 2.45) is 11.8 Å². The Balaban J connectivity index is 1.61. The van der Waals surface area contributed by atoms with E-state index in [1.54, 1.807) is 41.4 Å². The van der Waals surface area contributed by atoms with Crippen LogP contribution >= 0.6 is 0 Å². The lowest BCUT2D eigenvalue weighted by molar-refractivity contribution is -0.210. The lowest BCUT2D eigenvalue weighted by Crippen LogP contribution is -2.62. The van der Waals surface area contributed by atoms with E-state index in [1.807, 2.05) is 53.0 Å². The van der Waals surface area contributed by atoms with Crippen LogP contribution in [0.3, 0.4) is 0 Å². The number of aliphatic hydroxyl groups is 2. The minimum Gasteiger partial charge on any atom is -0.438 e. The van der Waals surface area contributed by atoms with Gasteiger partial charge in [-0.05, 0) is 70.3 Å². The Labute approximate surface area is 284 Å². The van der Waals surface area contributed by atoms with E-state index in [9.17, 15) is 24.6 Å². The number of aryl methyl sites for hydroxylation is 1. The van der Waals surface area contributed by atoms with Crippen LogP contribution in [0.1, 0.15) is 80.6 Å². The van der Waals surface area contributed by atoms with Gasteiger partial charge < -0.3 is 24.6 Å². The SMILES string of the molecule is B[C@@H]1CC(=O)[C@@H](C)C(O)O[C@H](CC)[C@@]2(C)OC(=O)N(CCCCn3cc(-c4ccccn4)nn3)[C@@H]2[C@@H](C)N(C(C)=O)C[C@H](C)C[C@]1(C)O. The molecule has 2 amide bonds. The van der Waals surface area contributed by atoms with Crippen molar-refractivity contribution in [1.82, 2.24) is 29.8 Å². The van der Waals surface area contributed by atoms with Crippen LogP contribution in [0, 0.1) is 11.8 Å². The van der Waals surface area contributed by atoms with Gasteiger partial charge in [0.05, 0.1) is 35.5 Å². The second-order valence-electron chi connectivity index (χ2n) is 14.3. The number of carbonyl (C=O) groups excluding carboxylic acids is 3. The van der Waals surface area contributed by atoms with Gasteiger partial charge in [-0.15, -0.1) is 5.10 Å². The molecule has 2 fully saturated rings. The molecular weight excluding hydrogens is 615 g/mol. The number of aromatic nitrogens is 4. The number of ketones is 1. The quantitative estimate of drug-likeness (QED) is 0.332. The zero-order chi connectivity index (χ0) is 35.4. The highest BCUT2D eigenvalue weighted by Crippen LogP contribution is 2.41. The van der Waals surface area contributed by atoms with Crippen LogP contribution in [0.2, 0.25) is 5.82 Å². The van der Waals surface area contributed by atoms with Crippen LogP contribution < -0.4 is 0 Å².